The number of thioether (sulfide) groups is 1. The summed E-state index contributed by atoms with van der Waals surface area (Å²) in [4.78, 5) is 0. The van der Waals surface area contributed by atoms with Gasteiger partial charge < -0.3 is 10.5 Å². The van der Waals surface area contributed by atoms with Crippen LogP contribution in [0, 0.1) is 5.92 Å². The molecule has 0 radical (unpaired) electrons. The first kappa shape index (κ1) is 13.2. The van der Waals surface area contributed by atoms with Crippen molar-refractivity contribution in [1.82, 2.24) is 0 Å². The fourth-order valence-electron chi connectivity index (χ4n) is 1.85. The summed E-state index contributed by atoms with van der Waals surface area (Å²) < 4.78 is 7.03. The largest absolute Gasteiger partial charge is 0.489 e. The van der Waals surface area contributed by atoms with Gasteiger partial charge in [-0.1, -0.05) is 22.9 Å². The van der Waals surface area contributed by atoms with E-state index in [-0.39, 0.29) is 0 Å². The molecule has 0 aliphatic carbocycles. The zero-order chi connectivity index (χ0) is 12.3. The van der Waals surface area contributed by atoms with Crippen molar-refractivity contribution in [2.45, 2.75) is 19.4 Å². The molecule has 1 aliphatic rings. The molecule has 2 rings (SSSR count). The lowest BCUT2D eigenvalue weighted by molar-refractivity contribution is 0.259. The molecule has 2 atom stereocenters. The second kappa shape index (κ2) is 6.12. The highest BCUT2D eigenvalue weighted by molar-refractivity contribution is 9.10. The summed E-state index contributed by atoms with van der Waals surface area (Å²) >= 11 is 5.43. The minimum atomic E-state index is 0.328. The lowest BCUT2D eigenvalue weighted by Crippen LogP contribution is -2.18. The number of rotatable bonds is 5. The standard InChI is InChI=1S/C13H18BrNOS/c1-9(6-15)7-17-8-12-5-10-4-11(14)2-3-13(10)16-12/h2-4,9,12H,5-8,15H2,1H3. The van der Waals surface area contributed by atoms with E-state index in [1.807, 2.05) is 23.9 Å². The minimum Gasteiger partial charge on any atom is -0.489 e. The summed E-state index contributed by atoms with van der Waals surface area (Å²) in [6, 6.07) is 6.24. The maximum Gasteiger partial charge on any atom is 0.123 e. The lowest BCUT2D eigenvalue weighted by atomic mass is 10.1. The molecular formula is C13H18BrNOS. The predicted molar refractivity (Wildman–Crippen MR) is 77.8 cm³/mol. The molecule has 2 nitrogen and oxygen atoms in total. The van der Waals surface area contributed by atoms with Gasteiger partial charge in [-0.25, -0.2) is 0 Å². The summed E-state index contributed by atoms with van der Waals surface area (Å²) in [6.45, 7) is 2.96. The van der Waals surface area contributed by atoms with Crippen LogP contribution in [0.4, 0.5) is 0 Å². The van der Waals surface area contributed by atoms with Crippen LogP contribution in [0.1, 0.15) is 12.5 Å². The summed E-state index contributed by atoms with van der Waals surface area (Å²) in [6.07, 6.45) is 1.35. The zero-order valence-corrected chi connectivity index (χ0v) is 12.4. The van der Waals surface area contributed by atoms with Crippen molar-refractivity contribution in [2.24, 2.45) is 11.7 Å². The van der Waals surface area contributed by atoms with Crippen LogP contribution in [0.15, 0.2) is 22.7 Å². The molecule has 0 saturated heterocycles. The van der Waals surface area contributed by atoms with Gasteiger partial charge in [-0.2, -0.15) is 11.8 Å². The highest BCUT2D eigenvalue weighted by Gasteiger charge is 2.22. The number of hydrogen-bond acceptors (Lipinski definition) is 3. The normalized spacial score (nSPS) is 19.8. The topological polar surface area (TPSA) is 35.2 Å². The Labute approximate surface area is 115 Å². The average Bonchev–Trinajstić information content (AvgIpc) is 2.70. The molecule has 0 aromatic heterocycles. The predicted octanol–water partition coefficient (Wildman–Crippen LogP) is 3.08. The first-order chi connectivity index (χ1) is 8.19. The van der Waals surface area contributed by atoms with Crippen molar-refractivity contribution in [3.05, 3.63) is 28.2 Å². The highest BCUT2D eigenvalue weighted by atomic mass is 79.9. The summed E-state index contributed by atoms with van der Waals surface area (Å²) in [5, 5.41) is 0. The Morgan fingerprint density at radius 2 is 2.41 bits per heavy atom. The molecule has 1 aliphatic heterocycles. The molecule has 1 heterocycles. The van der Waals surface area contributed by atoms with E-state index in [0.29, 0.717) is 12.0 Å². The van der Waals surface area contributed by atoms with Crippen molar-refractivity contribution in [3.63, 3.8) is 0 Å². The van der Waals surface area contributed by atoms with Crippen LogP contribution in [0.2, 0.25) is 0 Å². The van der Waals surface area contributed by atoms with E-state index >= 15 is 0 Å². The molecule has 0 fully saturated rings. The van der Waals surface area contributed by atoms with Crippen LogP contribution < -0.4 is 10.5 Å². The molecule has 2 unspecified atom stereocenters. The van der Waals surface area contributed by atoms with E-state index in [9.17, 15) is 0 Å². The van der Waals surface area contributed by atoms with Crippen molar-refractivity contribution in [1.29, 1.82) is 0 Å². The first-order valence-corrected chi connectivity index (χ1v) is 7.86. The monoisotopic (exact) mass is 315 g/mol. The molecule has 0 spiro atoms. The Kier molecular flexibility index (Phi) is 4.77. The fourth-order valence-corrected chi connectivity index (χ4v) is 3.38. The summed E-state index contributed by atoms with van der Waals surface area (Å²) in [7, 11) is 0. The third kappa shape index (κ3) is 3.63. The smallest absolute Gasteiger partial charge is 0.123 e. The first-order valence-electron chi connectivity index (χ1n) is 5.92. The third-order valence-corrected chi connectivity index (χ3v) is 4.78. The number of hydrogen-bond donors (Lipinski definition) is 1. The van der Waals surface area contributed by atoms with Gasteiger partial charge in [0.2, 0.25) is 0 Å². The Morgan fingerprint density at radius 3 is 3.18 bits per heavy atom. The molecule has 94 valence electrons. The van der Waals surface area contributed by atoms with Crippen LogP contribution in [-0.2, 0) is 6.42 Å². The Balaban J connectivity index is 1.80. The fraction of sp³-hybridized carbons (Fsp3) is 0.538. The quantitative estimate of drug-likeness (QED) is 0.907. The molecule has 0 bridgehead atoms. The van der Waals surface area contributed by atoms with E-state index in [2.05, 4.69) is 28.9 Å². The lowest BCUT2D eigenvalue weighted by Gasteiger charge is -2.12. The molecule has 0 amide bonds. The highest BCUT2D eigenvalue weighted by Crippen LogP contribution is 2.32. The molecule has 4 heteroatoms. The third-order valence-electron chi connectivity index (χ3n) is 2.87. The van der Waals surface area contributed by atoms with Crippen LogP contribution in [0.25, 0.3) is 0 Å². The van der Waals surface area contributed by atoms with Crippen molar-refractivity contribution < 1.29 is 4.74 Å². The van der Waals surface area contributed by atoms with Crippen LogP contribution >= 0.6 is 27.7 Å². The van der Waals surface area contributed by atoms with Gasteiger partial charge in [0.05, 0.1) is 0 Å². The van der Waals surface area contributed by atoms with Crippen molar-refractivity contribution >= 4 is 27.7 Å². The average molecular weight is 316 g/mol. The second-order valence-electron chi connectivity index (χ2n) is 4.57. The van der Waals surface area contributed by atoms with Crippen molar-refractivity contribution in [2.75, 3.05) is 18.1 Å². The molecular weight excluding hydrogens is 298 g/mol. The van der Waals surface area contributed by atoms with Crippen molar-refractivity contribution in [3.8, 4) is 5.75 Å². The van der Waals surface area contributed by atoms with E-state index < -0.39 is 0 Å². The van der Waals surface area contributed by atoms with E-state index in [0.717, 1.165) is 34.7 Å². The number of halogens is 1. The van der Waals surface area contributed by atoms with Gasteiger partial charge >= 0.3 is 0 Å². The summed E-state index contributed by atoms with van der Waals surface area (Å²) in [5.74, 6) is 3.82. The van der Waals surface area contributed by atoms with Gasteiger partial charge in [-0.05, 0) is 42.0 Å². The van der Waals surface area contributed by atoms with E-state index in [1.54, 1.807) is 0 Å². The number of nitrogens with two attached hydrogens (primary N) is 1. The molecule has 0 saturated carbocycles. The Morgan fingerprint density at radius 1 is 1.59 bits per heavy atom. The maximum atomic E-state index is 5.90. The number of fused-ring (bicyclic) bond motifs is 1. The Hall–Kier alpha value is -0.190. The van der Waals surface area contributed by atoms with E-state index in [4.69, 9.17) is 10.5 Å². The van der Waals surface area contributed by atoms with Gasteiger partial charge in [-0.15, -0.1) is 0 Å². The van der Waals surface area contributed by atoms with Gasteiger partial charge in [-0.3, -0.25) is 0 Å². The van der Waals surface area contributed by atoms with Gasteiger partial charge in [0.15, 0.2) is 0 Å². The maximum absolute atomic E-state index is 5.90. The number of benzene rings is 1. The molecule has 2 N–H and O–H groups in total. The summed E-state index contributed by atoms with van der Waals surface area (Å²) in [5.41, 5.74) is 6.92. The minimum absolute atomic E-state index is 0.328. The molecule has 1 aromatic carbocycles. The number of ether oxygens (including phenoxy) is 1. The molecule has 1 aromatic rings. The zero-order valence-electron chi connectivity index (χ0n) is 9.99. The molecule has 17 heavy (non-hydrogen) atoms. The van der Waals surface area contributed by atoms with Crippen LogP contribution in [0.3, 0.4) is 0 Å². The van der Waals surface area contributed by atoms with Gasteiger partial charge in [0.1, 0.15) is 11.9 Å². The van der Waals surface area contributed by atoms with Crippen LogP contribution in [0.5, 0.6) is 5.75 Å². The van der Waals surface area contributed by atoms with Crippen LogP contribution in [-0.4, -0.2) is 24.2 Å². The van der Waals surface area contributed by atoms with Gasteiger partial charge in [0.25, 0.3) is 0 Å². The Bertz CT molecular complexity index is 386. The van der Waals surface area contributed by atoms with E-state index in [1.165, 1.54) is 5.56 Å². The second-order valence-corrected chi connectivity index (χ2v) is 6.56. The SMILES string of the molecule is CC(CN)CSCC1Cc2cc(Br)ccc2O1. The van der Waals surface area contributed by atoms with Gasteiger partial charge in [0, 0.05) is 16.6 Å².